The molecule has 1 aromatic rings. The molecular formula is C13H17ClN2O3. The molecule has 0 saturated carbocycles. The molecule has 104 valence electrons. The van der Waals surface area contributed by atoms with Crippen molar-refractivity contribution in [2.75, 3.05) is 19.8 Å². The Labute approximate surface area is 116 Å². The molecule has 5 nitrogen and oxygen atoms in total. The van der Waals surface area contributed by atoms with Crippen molar-refractivity contribution in [3.63, 3.8) is 0 Å². The summed E-state index contributed by atoms with van der Waals surface area (Å²) in [6.07, 6.45) is 1.07. The Bertz CT molecular complexity index is 473. The van der Waals surface area contributed by atoms with Crippen molar-refractivity contribution < 1.29 is 14.6 Å². The highest BCUT2D eigenvalue weighted by Gasteiger charge is 2.30. The van der Waals surface area contributed by atoms with Gasteiger partial charge in [0.25, 0.3) is 5.91 Å². The van der Waals surface area contributed by atoms with Gasteiger partial charge >= 0.3 is 0 Å². The van der Waals surface area contributed by atoms with Crippen LogP contribution in [0.2, 0.25) is 5.15 Å². The first-order valence-electron chi connectivity index (χ1n) is 6.22. The Morgan fingerprint density at radius 1 is 1.53 bits per heavy atom. The van der Waals surface area contributed by atoms with E-state index in [4.69, 9.17) is 16.3 Å². The fraction of sp³-hybridized carbons (Fsp3) is 0.538. The van der Waals surface area contributed by atoms with Crippen LogP contribution in [-0.4, -0.2) is 41.4 Å². The van der Waals surface area contributed by atoms with E-state index in [1.807, 2.05) is 0 Å². The zero-order chi connectivity index (χ0) is 13.9. The van der Waals surface area contributed by atoms with E-state index in [1.165, 1.54) is 0 Å². The van der Waals surface area contributed by atoms with Crippen LogP contribution in [0.4, 0.5) is 0 Å². The molecule has 19 heavy (non-hydrogen) atoms. The van der Waals surface area contributed by atoms with Crippen LogP contribution in [0.25, 0.3) is 0 Å². The van der Waals surface area contributed by atoms with Crippen LogP contribution in [0.15, 0.2) is 12.1 Å². The van der Waals surface area contributed by atoms with E-state index in [0.29, 0.717) is 42.5 Å². The van der Waals surface area contributed by atoms with Gasteiger partial charge in [0.15, 0.2) is 0 Å². The molecule has 0 spiro atoms. The van der Waals surface area contributed by atoms with Gasteiger partial charge in [-0.2, -0.15) is 0 Å². The number of hydrogen-bond donors (Lipinski definition) is 2. The lowest BCUT2D eigenvalue weighted by Gasteiger charge is -2.32. The Morgan fingerprint density at radius 3 is 2.84 bits per heavy atom. The summed E-state index contributed by atoms with van der Waals surface area (Å²) in [6, 6.07) is 3.21. The molecule has 6 heteroatoms. The van der Waals surface area contributed by atoms with Crippen molar-refractivity contribution >= 4 is 17.5 Å². The Kier molecular flexibility index (Phi) is 4.39. The van der Waals surface area contributed by atoms with Gasteiger partial charge in [-0.3, -0.25) is 4.79 Å². The van der Waals surface area contributed by atoms with Crippen molar-refractivity contribution in [3.8, 4) is 0 Å². The quantitative estimate of drug-likeness (QED) is 0.821. The van der Waals surface area contributed by atoms with Crippen LogP contribution in [-0.2, 0) is 4.74 Å². The maximum atomic E-state index is 12.0. The number of aromatic nitrogens is 1. The third-order valence-corrected chi connectivity index (χ3v) is 3.51. The number of rotatable bonds is 3. The molecule has 1 aromatic heterocycles. The highest BCUT2D eigenvalue weighted by Crippen LogP contribution is 2.19. The third-order valence-electron chi connectivity index (χ3n) is 3.30. The molecule has 0 unspecified atom stereocenters. The van der Waals surface area contributed by atoms with Gasteiger partial charge in [0.05, 0.1) is 16.9 Å². The van der Waals surface area contributed by atoms with Crippen molar-refractivity contribution in [2.45, 2.75) is 25.4 Å². The molecule has 0 aliphatic carbocycles. The topological polar surface area (TPSA) is 71.5 Å². The maximum Gasteiger partial charge on any atom is 0.253 e. The van der Waals surface area contributed by atoms with Gasteiger partial charge in [-0.05, 0) is 19.1 Å². The van der Waals surface area contributed by atoms with Gasteiger partial charge in [0.2, 0.25) is 0 Å². The summed E-state index contributed by atoms with van der Waals surface area (Å²) >= 11 is 5.75. The molecule has 1 aliphatic rings. The number of hydrogen-bond acceptors (Lipinski definition) is 4. The molecule has 0 radical (unpaired) electrons. The average Bonchev–Trinajstić information content (AvgIpc) is 2.37. The van der Waals surface area contributed by atoms with Gasteiger partial charge in [-0.1, -0.05) is 11.6 Å². The first-order chi connectivity index (χ1) is 9.00. The lowest BCUT2D eigenvalue weighted by atomic mass is 9.94. The number of nitrogens with one attached hydrogen (secondary N) is 1. The number of pyridine rings is 1. The predicted octanol–water partition coefficient (Wildman–Crippen LogP) is 1.31. The molecule has 0 atom stereocenters. The molecule has 2 N–H and O–H groups in total. The monoisotopic (exact) mass is 284 g/mol. The molecule has 1 aliphatic heterocycles. The third kappa shape index (κ3) is 3.65. The van der Waals surface area contributed by atoms with Crippen LogP contribution < -0.4 is 5.32 Å². The van der Waals surface area contributed by atoms with Crippen LogP contribution in [0, 0.1) is 6.92 Å². The number of nitrogens with zero attached hydrogens (tertiary/aromatic N) is 1. The molecule has 2 heterocycles. The summed E-state index contributed by atoms with van der Waals surface area (Å²) < 4.78 is 5.19. The zero-order valence-corrected chi connectivity index (χ0v) is 11.5. The van der Waals surface area contributed by atoms with Gasteiger partial charge in [0.1, 0.15) is 5.15 Å². The van der Waals surface area contributed by atoms with E-state index in [2.05, 4.69) is 10.3 Å². The summed E-state index contributed by atoms with van der Waals surface area (Å²) in [4.78, 5) is 16.1. The van der Waals surface area contributed by atoms with E-state index < -0.39 is 5.60 Å². The van der Waals surface area contributed by atoms with E-state index in [0.717, 1.165) is 0 Å². The number of ether oxygens (including phenoxy) is 1. The maximum absolute atomic E-state index is 12.0. The summed E-state index contributed by atoms with van der Waals surface area (Å²) in [6.45, 7) is 2.99. The first-order valence-corrected chi connectivity index (χ1v) is 6.59. The second-order valence-corrected chi connectivity index (χ2v) is 5.17. The summed E-state index contributed by atoms with van der Waals surface area (Å²) in [5.74, 6) is -0.249. The van der Waals surface area contributed by atoms with Crippen LogP contribution in [0.5, 0.6) is 0 Å². The minimum absolute atomic E-state index is 0.220. The first kappa shape index (κ1) is 14.2. The van der Waals surface area contributed by atoms with Gasteiger partial charge in [-0.15, -0.1) is 0 Å². The van der Waals surface area contributed by atoms with Crippen LogP contribution in [0.1, 0.15) is 28.9 Å². The molecule has 0 aromatic carbocycles. The second-order valence-electron chi connectivity index (χ2n) is 4.79. The largest absolute Gasteiger partial charge is 0.388 e. The number of carbonyl (C=O) groups excluding carboxylic acids is 1. The summed E-state index contributed by atoms with van der Waals surface area (Å²) in [5.41, 5.74) is 0.172. The molecule has 0 bridgehead atoms. The number of halogens is 1. The zero-order valence-electron chi connectivity index (χ0n) is 10.8. The lowest BCUT2D eigenvalue weighted by Crippen LogP contribution is -2.46. The van der Waals surface area contributed by atoms with Crippen LogP contribution >= 0.6 is 11.6 Å². The van der Waals surface area contributed by atoms with Crippen molar-refractivity contribution in [3.05, 3.63) is 28.5 Å². The van der Waals surface area contributed by atoms with E-state index >= 15 is 0 Å². The molecule has 2 rings (SSSR count). The number of amides is 1. The standard InChI is InChI=1S/C13H17ClN2O3/c1-9-10(2-3-11(14)16-9)12(17)15-8-13(18)4-6-19-7-5-13/h2-3,18H,4-8H2,1H3,(H,15,17). The fourth-order valence-electron chi connectivity index (χ4n) is 2.04. The highest BCUT2D eigenvalue weighted by atomic mass is 35.5. The molecule has 1 fully saturated rings. The van der Waals surface area contributed by atoms with Crippen molar-refractivity contribution in [2.24, 2.45) is 0 Å². The highest BCUT2D eigenvalue weighted by molar-refractivity contribution is 6.29. The Hall–Kier alpha value is -1.17. The van der Waals surface area contributed by atoms with E-state index in [9.17, 15) is 9.90 Å². The fourth-order valence-corrected chi connectivity index (χ4v) is 2.23. The van der Waals surface area contributed by atoms with Crippen molar-refractivity contribution in [1.29, 1.82) is 0 Å². The predicted molar refractivity (Wildman–Crippen MR) is 71.3 cm³/mol. The smallest absolute Gasteiger partial charge is 0.253 e. The Morgan fingerprint density at radius 2 is 2.21 bits per heavy atom. The van der Waals surface area contributed by atoms with Gasteiger partial charge in [0, 0.05) is 32.6 Å². The molecule has 1 saturated heterocycles. The second kappa shape index (κ2) is 5.86. The van der Waals surface area contributed by atoms with Crippen molar-refractivity contribution in [1.82, 2.24) is 10.3 Å². The molecular weight excluding hydrogens is 268 g/mol. The van der Waals surface area contributed by atoms with Crippen LogP contribution in [0.3, 0.4) is 0 Å². The van der Waals surface area contributed by atoms with E-state index in [1.54, 1.807) is 19.1 Å². The summed E-state index contributed by atoms with van der Waals surface area (Å²) in [5, 5.41) is 13.3. The lowest BCUT2D eigenvalue weighted by molar-refractivity contribution is -0.0605. The SMILES string of the molecule is Cc1nc(Cl)ccc1C(=O)NCC1(O)CCOCC1. The Balaban J connectivity index is 1.97. The number of aliphatic hydroxyl groups is 1. The number of aryl methyl sites for hydroxylation is 1. The normalized spacial score (nSPS) is 18.1. The minimum atomic E-state index is -0.873. The minimum Gasteiger partial charge on any atom is -0.388 e. The van der Waals surface area contributed by atoms with E-state index in [-0.39, 0.29) is 12.5 Å². The average molecular weight is 285 g/mol. The number of carbonyl (C=O) groups is 1. The van der Waals surface area contributed by atoms with Gasteiger partial charge < -0.3 is 15.2 Å². The summed E-state index contributed by atoms with van der Waals surface area (Å²) in [7, 11) is 0. The molecule has 1 amide bonds. The van der Waals surface area contributed by atoms with Gasteiger partial charge in [-0.25, -0.2) is 4.98 Å².